The molecule has 2 aliphatic heterocycles. The van der Waals surface area contributed by atoms with Crippen LogP contribution in [0, 0.1) is 0 Å². The molecule has 1 spiro atoms. The van der Waals surface area contributed by atoms with Crippen LogP contribution in [-0.2, 0) is 5.41 Å². The third-order valence-corrected chi connectivity index (χ3v) is 11.3. The summed E-state index contributed by atoms with van der Waals surface area (Å²) < 4.78 is 18.7. The van der Waals surface area contributed by atoms with Gasteiger partial charge in [0.1, 0.15) is 23.0 Å². The third kappa shape index (κ3) is 4.02. The Kier molecular flexibility index (Phi) is 6.50. The topological polar surface area (TPSA) is 28.3 Å². The number of rotatable bonds is 4. The van der Waals surface area contributed by atoms with Crippen LogP contribution in [0.3, 0.4) is 0 Å². The monoisotopic (exact) mass is 694 g/mol. The normalized spacial score (nSPS) is 14.4. The van der Waals surface area contributed by atoms with Gasteiger partial charge in [0.05, 0.1) is 27.5 Å². The van der Waals surface area contributed by atoms with E-state index in [-0.39, 0.29) is 0 Å². The highest BCUT2D eigenvalue weighted by atomic mass is 16.5. The lowest BCUT2D eigenvalue weighted by atomic mass is 9.61. The van der Waals surface area contributed by atoms with E-state index < -0.39 is 5.41 Å². The Labute approximate surface area is 312 Å². The molecule has 0 radical (unpaired) electrons. The summed E-state index contributed by atoms with van der Waals surface area (Å²) >= 11 is 0. The molecule has 0 saturated heterocycles. The Morgan fingerprint density at radius 1 is 0.481 bits per heavy atom. The van der Waals surface area contributed by atoms with Gasteiger partial charge in [-0.1, -0.05) is 110 Å². The second kappa shape index (κ2) is 11.5. The van der Waals surface area contributed by atoms with E-state index in [2.05, 4.69) is 186 Å². The number of allylic oxidation sites excluding steroid dienone is 4. The fourth-order valence-corrected chi connectivity index (χ4v) is 9.19. The predicted molar refractivity (Wildman–Crippen MR) is 221 cm³/mol. The second-order valence-electron chi connectivity index (χ2n) is 14.0. The van der Waals surface area contributed by atoms with Gasteiger partial charge in [-0.25, -0.2) is 0 Å². The standard InChI is InChI=1S/C50H34N2O2/c1-3-17-38-46(4-2)53-47-27-16-13-24-39(47)50(38)40-30-44-36(34-22-11-14-25-42(34)51(44)32-18-7-5-8-19-32)28-48(40)54-49-29-37-35-23-12-15-26-43(35)52(45(37)31-41(49)50)33-20-9-6-10-21-33/h3-31H,2H2,1H3/b17-3-. The van der Waals surface area contributed by atoms with Gasteiger partial charge < -0.3 is 18.6 Å². The number of nitrogens with zero attached hydrogens (tertiary/aromatic N) is 2. The van der Waals surface area contributed by atoms with Gasteiger partial charge in [0.25, 0.3) is 0 Å². The van der Waals surface area contributed by atoms with Crippen molar-refractivity contribution in [2.75, 3.05) is 0 Å². The SMILES string of the molecule is C=CC1=C(/C=C\C)C2(c3ccccc3O1)c1cc3c(cc1Oc1cc4c5ccccc5n(-c5ccccc5)c4cc12)c1ccccc1n3-c1ccccc1. The maximum atomic E-state index is 7.23. The van der Waals surface area contributed by atoms with Crippen LogP contribution in [0.25, 0.3) is 55.0 Å². The van der Waals surface area contributed by atoms with Crippen LogP contribution in [0.2, 0.25) is 0 Å². The molecule has 4 heterocycles. The zero-order valence-corrected chi connectivity index (χ0v) is 29.7. The van der Waals surface area contributed by atoms with E-state index in [1.807, 2.05) is 12.1 Å². The second-order valence-corrected chi connectivity index (χ2v) is 14.0. The van der Waals surface area contributed by atoms with Gasteiger partial charge in [0.15, 0.2) is 0 Å². The van der Waals surface area contributed by atoms with Crippen LogP contribution in [0.15, 0.2) is 194 Å². The molecule has 256 valence electrons. The summed E-state index contributed by atoms with van der Waals surface area (Å²) in [6, 6.07) is 56.2. The van der Waals surface area contributed by atoms with Crippen molar-refractivity contribution in [1.29, 1.82) is 0 Å². The summed E-state index contributed by atoms with van der Waals surface area (Å²) in [5, 5.41) is 4.61. The molecule has 0 bridgehead atoms. The Bertz CT molecular complexity index is 2910. The first-order valence-corrected chi connectivity index (χ1v) is 18.4. The molecule has 9 aromatic rings. The molecule has 0 amide bonds. The molecule has 4 nitrogen and oxygen atoms in total. The number of para-hydroxylation sites is 5. The molecule has 2 aromatic heterocycles. The van der Waals surface area contributed by atoms with Crippen LogP contribution in [-0.4, -0.2) is 9.13 Å². The van der Waals surface area contributed by atoms with Crippen LogP contribution < -0.4 is 9.47 Å². The average molecular weight is 695 g/mol. The summed E-state index contributed by atoms with van der Waals surface area (Å²) in [7, 11) is 0. The zero-order valence-electron chi connectivity index (χ0n) is 29.7. The van der Waals surface area contributed by atoms with Crippen molar-refractivity contribution < 1.29 is 9.47 Å². The minimum atomic E-state index is -0.827. The van der Waals surface area contributed by atoms with Crippen molar-refractivity contribution in [3.63, 3.8) is 0 Å². The number of hydrogen-bond acceptors (Lipinski definition) is 2. The van der Waals surface area contributed by atoms with Gasteiger partial charge >= 0.3 is 0 Å². The van der Waals surface area contributed by atoms with Crippen molar-refractivity contribution in [3.05, 3.63) is 211 Å². The molecule has 54 heavy (non-hydrogen) atoms. The highest BCUT2D eigenvalue weighted by molar-refractivity contribution is 6.12. The summed E-state index contributed by atoms with van der Waals surface area (Å²) in [6.07, 6.45) is 6.15. The Hall–Kier alpha value is -7.04. The Morgan fingerprint density at radius 3 is 1.52 bits per heavy atom. The zero-order chi connectivity index (χ0) is 36.0. The molecular weight excluding hydrogens is 661 g/mol. The van der Waals surface area contributed by atoms with E-state index in [4.69, 9.17) is 9.47 Å². The van der Waals surface area contributed by atoms with E-state index in [0.717, 1.165) is 89.5 Å². The van der Waals surface area contributed by atoms with Crippen molar-refractivity contribution in [2.45, 2.75) is 12.3 Å². The maximum absolute atomic E-state index is 7.23. The quantitative estimate of drug-likeness (QED) is 0.183. The molecule has 0 aliphatic carbocycles. The maximum Gasteiger partial charge on any atom is 0.133 e. The van der Waals surface area contributed by atoms with Gasteiger partial charge in [0.2, 0.25) is 0 Å². The number of aromatic nitrogens is 2. The summed E-state index contributed by atoms with van der Waals surface area (Å²) in [6.45, 7) is 6.35. The van der Waals surface area contributed by atoms with Crippen molar-refractivity contribution in [3.8, 4) is 28.6 Å². The number of hydrogen-bond donors (Lipinski definition) is 0. The van der Waals surface area contributed by atoms with Crippen LogP contribution in [0.1, 0.15) is 23.6 Å². The van der Waals surface area contributed by atoms with Crippen LogP contribution >= 0.6 is 0 Å². The van der Waals surface area contributed by atoms with Crippen LogP contribution in [0.5, 0.6) is 17.2 Å². The smallest absolute Gasteiger partial charge is 0.133 e. The average Bonchev–Trinajstić information content (AvgIpc) is 3.72. The van der Waals surface area contributed by atoms with Gasteiger partial charge in [0, 0.05) is 55.2 Å². The number of benzene rings is 7. The molecule has 0 unspecified atom stereocenters. The fourth-order valence-electron chi connectivity index (χ4n) is 9.19. The molecule has 0 N–H and O–H groups in total. The van der Waals surface area contributed by atoms with Crippen molar-refractivity contribution >= 4 is 43.6 Å². The molecular formula is C50H34N2O2. The number of ether oxygens (including phenoxy) is 2. The molecule has 4 heteroatoms. The fraction of sp³-hybridized carbons (Fsp3) is 0.0400. The van der Waals surface area contributed by atoms with Gasteiger partial charge in [-0.05, 0) is 79.7 Å². The molecule has 0 atom stereocenters. The van der Waals surface area contributed by atoms with Gasteiger partial charge in [-0.15, -0.1) is 0 Å². The van der Waals surface area contributed by atoms with Gasteiger partial charge in [-0.2, -0.15) is 0 Å². The predicted octanol–water partition coefficient (Wildman–Crippen LogP) is 12.7. The largest absolute Gasteiger partial charge is 0.457 e. The lowest BCUT2D eigenvalue weighted by Crippen LogP contribution is -2.38. The molecule has 11 rings (SSSR count). The lowest BCUT2D eigenvalue weighted by molar-refractivity contribution is 0.381. The minimum absolute atomic E-state index is 0.720. The molecule has 7 aromatic carbocycles. The highest BCUT2D eigenvalue weighted by Gasteiger charge is 2.51. The molecule has 0 fully saturated rings. The highest BCUT2D eigenvalue weighted by Crippen LogP contribution is 2.62. The first-order chi connectivity index (χ1) is 26.7. The van der Waals surface area contributed by atoms with Crippen molar-refractivity contribution in [2.24, 2.45) is 0 Å². The first kappa shape index (κ1) is 30.6. The summed E-state index contributed by atoms with van der Waals surface area (Å²) in [5.41, 5.74) is 10.0. The Balaban J connectivity index is 1.35. The third-order valence-electron chi connectivity index (χ3n) is 11.3. The molecule has 0 saturated carbocycles. The minimum Gasteiger partial charge on any atom is -0.457 e. The van der Waals surface area contributed by atoms with E-state index in [1.54, 1.807) is 0 Å². The lowest BCUT2D eigenvalue weighted by Gasteiger charge is -2.45. The Morgan fingerprint density at radius 2 is 0.981 bits per heavy atom. The summed E-state index contributed by atoms with van der Waals surface area (Å²) in [5.74, 6) is 3.16. The van der Waals surface area contributed by atoms with E-state index in [9.17, 15) is 0 Å². The first-order valence-electron chi connectivity index (χ1n) is 18.4. The van der Waals surface area contributed by atoms with Crippen molar-refractivity contribution in [1.82, 2.24) is 9.13 Å². The van der Waals surface area contributed by atoms with E-state index in [1.165, 1.54) is 10.8 Å². The molecule has 2 aliphatic rings. The number of fused-ring (bicyclic) bond motifs is 12. The summed E-state index contributed by atoms with van der Waals surface area (Å²) in [4.78, 5) is 0. The van der Waals surface area contributed by atoms with E-state index in [0.29, 0.717) is 0 Å². The van der Waals surface area contributed by atoms with Gasteiger partial charge in [-0.3, -0.25) is 0 Å². The van der Waals surface area contributed by atoms with Crippen LogP contribution in [0.4, 0.5) is 0 Å². The van der Waals surface area contributed by atoms with E-state index >= 15 is 0 Å².